The first kappa shape index (κ1) is 23.7. The Balaban J connectivity index is 1.77. The first-order chi connectivity index (χ1) is 14.8. The maximum atomic E-state index is 12.1. The highest BCUT2D eigenvalue weighted by Crippen LogP contribution is 2.27. The van der Waals surface area contributed by atoms with Gasteiger partial charge in [0, 0.05) is 29.7 Å². The molecule has 0 saturated carbocycles. The predicted molar refractivity (Wildman–Crippen MR) is 115 cm³/mol. The Morgan fingerprint density at radius 1 is 1.00 bits per heavy atom. The van der Waals surface area contributed by atoms with Crippen LogP contribution in [0.5, 0.6) is 5.75 Å². The van der Waals surface area contributed by atoms with Crippen molar-refractivity contribution in [1.29, 1.82) is 0 Å². The third-order valence-electron chi connectivity index (χ3n) is 3.88. The van der Waals surface area contributed by atoms with Gasteiger partial charge in [-0.25, -0.2) is 0 Å². The van der Waals surface area contributed by atoms with Crippen molar-refractivity contribution in [3.8, 4) is 5.75 Å². The van der Waals surface area contributed by atoms with Gasteiger partial charge in [0.05, 0.1) is 19.2 Å². The van der Waals surface area contributed by atoms with Gasteiger partial charge in [0.25, 0.3) is 11.8 Å². The van der Waals surface area contributed by atoms with E-state index in [-0.39, 0.29) is 24.8 Å². The summed E-state index contributed by atoms with van der Waals surface area (Å²) in [6.07, 6.45) is -0.103. The van der Waals surface area contributed by atoms with E-state index in [0.29, 0.717) is 27.7 Å². The number of hydrogen-bond acceptors (Lipinski definition) is 6. The Labute approximate surface area is 184 Å². The maximum absolute atomic E-state index is 12.1. The van der Waals surface area contributed by atoms with Crippen LogP contribution in [0.2, 0.25) is 5.02 Å². The molecule has 0 atom stereocenters. The molecule has 0 aliphatic carbocycles. The minimum Gasteiger partial charge on any atom is -0.495 e. The molecule has 0 heterocycles. The number of methoxy groups -OCH3 is 1. The van der Waals surface area contributed by atoms with Crippen molar-refractivity contribution in [2.24, 2.45) is 0 Å². The van der Waals surface area contributed by atoms with E-state index in [0.717, 1.165) is 0 Å². The molecule has 0 radical (unpaired) electrons. The fourth-order valence-electron chi connectivity index (χ4n) is 2.47. The number of nitrogens with one attached hydrogen (secondary N) is 3. The van der Waals surface area contributed by atoms with Gasteiger partial charge in [-0.3, -0.25) is 19.2 Å². The summed E-state index contributed by atoms with van der Waals surface area (Å²) in [6.45, 7) is 0.895. The molecule has 0 bridgehead atoms. The molecule has 3 amide bonds. The quantitative estimate of drug-likeness (QED) is 0.508. The summed E-state index contributed by atoms with van der Waals surface area (Å²) in [6, 6.07) is 11.0. The molecular weight excluding hydrogens is 426 g/mol. The molecule has 2 aromatic rings. The molecule has 164 valence electrons. The van der Waals surface area contributed by atoms with Gasteiger partial charge in [-0.15, -0.1) is 0 Å². The van der Waals surface area contributed by atoms with E-state index in [1.54, 1.807) is 36.4 Å². The summed E-state index contributed by atoms with van der Waals surface area (Å²) < 4.78 is 10.1. The van der Waals surface area contributed by atoms with Crippen molar-refractivity contribution in [2.75, 3.05) is 30.9 Å². The lowest BCUT2D eigenvalue weighted by Gasteiger charge is -2.12. The molecule has 0 saturated heterocycles. The second-order valence-electron chi connectivity index (χ2n) is 6.32. The van der Waals surface area contributed by atoms with E-state index >= 15 is 0 Å². The van der Waals surface area contributed by atoms with Crippen molar-refractivity contribution < 1.29 is 28.7 Å². The summed E-state index contributed by atoms with van der Waals surface area (Å²) in [5, 5.41) is 8.24. The zero-order chi connectivity index (χ0) is 22.8. The average molecular weight is 448 g/mol. The van der Waals surface area contributed by atoms with E-state index in [2.05, 4.69) is 16.0 Å². The molecule has 0 aliphatic rings. The Morgan fingerprint density at radius 3 is 2.35 bits per heavy atom. The van der Waals surface area contributed by atoms with Gasteiger partial charge < -0.3 is 25.4 Å². The number of carbonyl (C=O) groups excluding carboxylic acids is 4. The van der Waals surface area contributed by atoms with E-state index in [1.807, 2.05) is 0 Å². The standard InChI is InChI=1S/C21H22ClN3O6/c1-13(26)24-16-7-8-18(30-2)17(11-16)25-19(27)12-31-20(28)9-10-23-21(29)14-3-5-15(22)6-4-14/h3-8,11H,9-10,12H2,1-2H3,(H,23,29)(H,24,26)(H,25,27). The number of carbonyl (C=O) groups is 4. The van der Waals surface area contributed by atoms with Crippen LogP contribution in [0, 0.1) is 0 Å². The van der Waals surface area contributed by atoms with Crippen molar-refractivity contribution in [3.05, 3.63) is 53.1 Å². The number of amides is 3. The van der Waals surface area contributed by atoms with Crippen molar-refractivity contribution in [1.82, 2.24) is 5.32 Å². The summed E-state index contributed by atoms with van der Waals surface area (Å²) in [5.74, 6) is -1.48. The zero-order valence-electron chi connectivity index (χ0n) is 17.0. The van der Waals surface area contributed by atoms with Crippen molar-refractivity contribution in [3.63, 3.8) is 0 Å². The third-order valence-corrected chi connectivity index (χ3v) is 4.13. The highest BCUT2D eigenvalue weighted by Gasteiger charge is 2.12. The summed E-state index contributed by atoms with van der Waals surface area (Å²) in [4.78, 5) is 47.1. The Morgan fingerprint density at radius 2 is 1.71 bits per heavy atom. The fraction of sp³-hybridized carbons (Fsp3) is 0.238. The van der Waals surface area contributed by atoms with Crippen LogP contribution in [0.1, 0.15) is 23.7 Å². The maximum Gasteiger partial charge on any atom is 0.308 e. The summed E-state index contributed by atoms with van der Waals surface area (Å²) >= 11 is 5.77. The van der Waals surface area contributed by atoms with E-state index in [1.165, 1.54) is 20.1 Å². The number of benzene rings is 2. The average Bonchev–Trinajstić information content (AvgIpc) is 2.72. The predicted octanol–water partition coefficient (Wildman–Crippen LogP) is 2.61. The second-order valence-corrected chi connectivity index (χ2v) is 6.75. The van der Waals surface area contributed by atoms with E-state index in [9.17, 15) is 19.2 Å². The lowest BCUT2D eigenvalue weighted by molar-refractivity contribution is -0.147. The third kappa shape index (κ3) is 7.98. The largest absolute Gasteiger partial charge is 0.495 e. The van der Waals surface area contributed by atoms with Gasteiger partial charge in [0.2, 0.25) is 5.91 Å². The van der Waals surface area contributed by atoms with Crippen LogP contribution in [0.4, 0.5) is 11.4 Å². The molecule has 0 fully saturated rings. The van der Waals surface area contributed by atoms with Crippen molar-refractivity contribution in [2.45, 2.75) is 13.3 Å². The molecule has 0 aromatic heterocycles. The van der Waals surface area contributed by atoms with Crippen LogP contribution in [0.3, 0.4) is 0 Å². The molecular formula is C21H22ClN3O6. The topological polar surface area (TPSA) is 123 Å². The van der Waals surface area contributed by atoms with Gasteiger partial charge in [-0.1, -0.05) is 11.6 Å². The van der Waals surface area contributed by atoms with E-state index in [4.69, 9.17) is 21.1 Å². The minimum absolute atomic E-state index is 0.0501. The van der Waals surface area contributed by atoms with Crippen LogP contribution in [0.15, 0.2) is 42.5 Å². The zero-order valence-corrected chi connectivity index (χ0v) is 17.7. The second kappa shape index (κ2) is 11.6. The number of anilines is 2. The summed E-state index contributed by atoms with van der Waals surface area (Å²) in [5.41, 5.74) is 1.19. The first-order valence-corrected chi connectivity index (χ1v) is 9.61. The number of hydrogen-bond donors (Lipinski definition) is 3. The fourth-order valence-corrected chi connectivity index (χ4v) is 2.60. The highest BCUT2D eigenvalue weighted by atomic mass is 35.5. The Hall–Kier alpha value is -3.59. The van der Waals surface area contributed by atoms with Crippen LogP contribution in [-0.4, -0.2) is 44.0 Å². The van der Waals surface area contributed by atoms with Gasteiger partial charge in [0.15, 0.2) is 6.61 Å². The van der Waals surface area contributed by atoms with Crippen molar-refractivity contribution >= 4 is 46.7 Å². The monoisotopic (exact) mass is 447 g/mol. The van der Waals surface area contributed by atoms with Crippen LogP contribution >= 0.6 is 11.6 Å². The van der Waals surface area contributed by atoms with Crippen LogP contribution in [-0.2, 0) is 19.1 Å². The highest BCUT2D eigenvalue weighted by molar-refractivity contribution is 6.30. The van der Waals surface area contributed by atoms with Gasteiger partial charge in [-0.05, 0) is 42.5 Å². The Bertz CT molecular complexity index is 962. The van der Waals surface area contributed by atoms with Crippen LogP contribution in [0.25, 0.3) is 0 Å². The smallest absolute Gasteiger partial charge is 0.308 e. The molecule has 9 nitrogen and oxygen atoms in total. The SMILES string of the molecule is COc1ccc(NC(C)=O)cc1NC(=O)COC(=O)CCNC(=O)c1ccc(Cl)cc1. The Kier molecular flexibility index (Phi) is 8.83. The normalized spacial score (nSPS) is 10.0. The molecule has 2 aromatic carbocycles. The number of ether oxygens (including phenoxy) is 2. The van der Waals surface area contributed by atoms with Gasteiger partial charge >= 0.3 is 5.97 Å². The molecule has 0 spiro atoms. The first-order valence-electron chi connectivity index (χ1n) is 9.23. The van der Waals surface area contributed by atoms with Gasteiger partial charge in [0.1, 0.15) is 5.75 Å². The van der Waals surface area contributed by atoms with E-state index < -0.39 is 18.5 Å². The molecule has 10 heteroatoms. The number of rotatable bonds is 9. The minimum atomic E-state index is -0.648. The summed E-state index contributed by atoms with van der Waals surface area (Å²) in [7, 11) is 1.43. The molecule has 31 heavy (non-hydrogen) atoms. The van der Waals surface area contributed by atoms with Crippen LogP contribution < -0.4 is 20.7 Å². The lowest BCUT2D eigenvalue weighted by atomic mass is 10.2. The molecule has 2 rings (SSSR count). The van der Waals surface area contributed by atoms with Gasteiger partial charge in [-0.2, -0.15) is 0 Å². The molecule has 0 aliphatic heterocycles. The number of halogens is 1. The lowest BCUT2D eigenvalue weighted by Crippen LogP contribution is -2.27. The number of esters is 1. The molecule has 3 N–H and O–H groups in total. The molecule has 0 unspecified atom stereocenters.